The van der Waals surface area contributed by atoms with Crippen molar-refractivity contribution in [1.82, 2.24) is 20.1 Å². The molecule has 1 atom stereocenters. The standard InChI is InChI=1S/C25H28ClN5O2S/c1-5-13-31-23(22(16(2)3)28-24(33)19-11-6-7-12-20(19)26)29-30-25(31)34-15-21(32)27-18-10-8-9-17(4)14-18/h5-12,14,16,22H,1,13,15H2,2-4H3,(H,27,32)(H,28,33). The van der Waals surface area contributed by atoms with Crippen molar-refractivity contribution in [2.45, 2.75) is 38.5 Å². The van der Waals surface area contributed by atoms with E-state index in [4.69, 9.17) is 11.6 Å². The van der Waals surface area contributed by atoms with Gasteiger partial charge in [0.1, 0.15) is 0 Å². The smallest absolute Gasteiger partial charge is 0.253 e. The maximum atomic E-state index is 12.9. The van der Waals surface area contributed by atoms with Crippen molar-refractivity contribution in [3.8, 4) is 0 Å². The minimum Gasteiger partial charge on any atom is -0.342 e. The van der Waals surface area contributed by atoms with Gasteiger partial charge in [-0.25, -0.2) is 0 Å². The van der Waals surface area contributed by atoms with Gasteiger partial charge >= 0.3 is 0 Å². The van der Waals surface area contributed by atoms with Crippen LogP contribution in [0, 0.1) is 12.8 Å². The van der Waals surface area contributed by atoms with Crippen molar-refractivity contribution < 1.29 is 9.59 Å². The average molecular weight is 498 g/mol. The molecule has 34 heavy (non-hydrogen) atoms. The van der Waals surface area contributed by atoms with E-state index in [1.165, 1.54) is 11.8 Å². The van der Waals surface area contributed by atoms with E-state index in [1.54, 1.807) is 30.3 Å². The number of nitrogens with one attached hydrogen (secondary N) is 2. The van der Waals surface area contributed by atoms with Crippen LogP contribution in [0.15, 0.2) is 66.3 Å². The molecule has 7 nitrogen and oxygen atoms in total. The summed E-state index contributed by atoms with van der Waals surface area (Å²) in [5, 5.41) is 15.6. The number of allylic oxidation sites excluding steroid dienone is 1. The topological polar surface area (TPSA) is 88.9 Å². The van der Waals surface area contributed by atoms with Crippen molar-refractivity contribution in [3.63, 3.8) is 0 Å². The number of nitrogens with zero attached hydrogens (tertiary/aromatic N) is 3. The highest BCUT2D eigenvalue weighted by molar-refractivity contribution is 7.99. The van der Waals surface area contributed by atoms with Crippen molar-refractivity contribution in [2.24, 2.45) is 5.92 Å². The summed E-state index contributed by atoms with van der Waals surface area (Å²) in [7, 11) is 0. The molecule has 0 spiro atoms. The third-order valence-corrected chi connectivity index (χ3v) is 6.34. The Kier molecular flexibility index (Phi) is 8.90. The molecular formula is C25H28ClN5O2S. The highest BCUT2D eigenvalue weighted by Gasteiger charge is 2.27. The van der Waals surface area contributed by atoms with Crippen molar-refractivity contribution >= 4 is 40.9 Å². The largest absolute Gasteiger partial charge is 0.342 e. The second kappa shape index (κ2) is 11.9. The molecule has 0 fully saturated rings. The molecule has 2 aromatic carbocycles. The van der Waals surface area contributed by atoms with E-state index in [-0.39, 0.29) is 23.5 Å². The zero-order valence-corrected chi connectivity index (χ0v) is 21.0. The Morgan fingerprint density at radius 1 is 1.18 bits per heavy atom. The minimum absolute atomic E-state index is 0.0293. The fourth-order valence-electron chi connectivity index (χ4n) is 3.38. The highest BCUT2D eigenvalue weighted by atomic mass is 35.5. The molecule has 0 saturated carbocycles. The Labute approximate surface area is 209 Å². The van der Waals surface area contributed by atoms with Crippen LogP contribution in [0.2, 0.25) is 5.02 Å². The van der Waals surface area contributed by atoms with E-state index in [2.05, 4.69) is 27.4 Å². The fraction of sp³-hybridized carbons (Fsp3) is 0.280. The molecule has 0 aliphatic rings. The Morgan fingerprint density at radius 3 is 2.62 bits per heavy atom. The number of benzene rings is 2. The summed E-state index contributed by atoms with van der Waals surface area (Å²) in [6.45, 7) is 10.2. The zero-order chi connectivity index (χ0) is 24.7. The predicted molar refractivity (Wildman–Crippen MR) is 137 cm³/mol. The maximum Gasteiger partial charge on any atom is 0.253 e. The van der Waals surface area contributed by atoms with E-state index in [9.17, 15) is 9.59 Å². The first-order valence-corrected chi connectivity index (χ1v) is 12.2. The lowest BCUT2D eigenvalue weighted by Gasteiger charge is -2.23. The number of anilines is 1. The summed E-state index contributed by atoms with van der Waals surface area (Å²) in [6, 6.07) is 14.1. The molecule has 1 aromatic heterocycles. The molecule has 2 amide bonds. The van der Waals surface area contributed by atoms with Crippen molar-refractivity contribution in [2.75, 3.05) is 11.1 Å². The Bertz CT molecular complexity index is 1180. The Hall–Kier alpha value is -3.10. The molecule has 0 saturated heterocycles. The highest BCUT2D eigenvalue weighted by Crippen LogP contribution is 2.26. The predicted octanol–water partition coefficient (Wildman–Crippen LogP) is 5.28. The number of rotatable bonds is 10. The third kappa shape index (κ3) is 6.48. The van der Waals surface area contributed by atoms with Crippen LogP contribution in [0.4, 0.5) is 5.69 Å². The van der Waals surface area contributed by atoms with Gasteiger partial charge in [-0.3, -0.25) is 9.59 Å². The van der Waals surface area contributed by atoms with Gasteiger partial charge in [0.05, 0.1) is 22.4 Å². The van der Waals surface area contributed by atoms with Crippen LogP contribution in [-0.2, 0) is 11.3 Å². The van der Waals surface area contributed by atoms with Crippen LogP contribution in [0.1, 0.15) is 41.6 Å². The Balaban J connectivity index is 1.76. The van der Waals surface area contributed by atoms with E-state index in [0.29, 0.717) is 28.1 Å². The normalized spacial score (nSPS) is 11.8. The van der Waals surface area contributed by atoms with Crippen LogP contribution < -0.4 is 10.6 Å². The molecule has 1 unspecified atom stereocenters. The maximum absolute atomic E-state index is 12.9. The number of carbonyl (C=O) groups excluding carboxylic acids is 2. The second-order valence-corrected chi connectivity index (χ2v) is 9.47. The number of aryl methyl sites for hydroxylation is 1. The molecule has 9 heteroatoms. The molecular weight excluding hydrogens is 470 g/mol. The second-order valence-electron chi connectivity index (χ2n) is 8.12. The van der Waals surface area contributed by atoms with Gasteiger partial charge in [0.15, 0.2) is 11.0 Å². The average Bonchev–Trinajstić information content (AvgIpc) is 3.18. The molecule has 3 rings (SSSR count). The van der Waals surface area contributed by atoms with E-state index >= 15 is 0 Å². The number of hydrogen-bond acceptors (Lipinski definition) is 5. The van der Waals surface area contributed by atoms with Gasteiger partial charge in [-0.15, -0.1) is 16.8 Å². The van der Waals surface area contributed by atoms with Gasteiger partial charge in [0.2, 0.25) is 5.91 Å². The van der Waals surface area contributed by atoms with E-state index in [1.807, 2.05) is 49.6 Å². The number of halogens is 1. The molecule has 178 valence electrons. The van der Waals surface area contributed by atoms with Crippen LogP contribution in [0.3, 0.4) is 0 Å². The van der Waals surface area contributed by atoms with E-state index in [0.717, 1.165) is 11.3 Å². The van der Waals surface area contributed by atoms with Crippen molar-refractivity contribution in [1.29, 1.82) is 0 Å². The number of amides is 2. The molecule has 0 bridgehead atoms. The van der Waals surface area contributed by atoms with Crippen LogP contribution in [0.5, 0.6) is 0 Å². The van der Waals surface area contributed by atoms with Crippen LogP contribution in [-0.4, -0.2) is 32.3 Å². The monoisotopic (exact) mass is 497 g/mol. The zero-order valence-electron chi connectivity index (χ0n) is 19.4. The summed E-state index contributed by atoms with van der Waals surface area (Å²) in [5.41, 5.74) is 2.22. The molecule has 0 aliphatic carbocycles. The summed E-state index contributed by atoms with van der Waals surface area (Å²) in [5.74, 6) is 0.363. The van der Waals surface area contributed by atoms with E-state index < -0.39 is 6.04 Å². The molecule has 2 N–H and O–H groups in total. The first-order chi connectivity index (χ1) is 16.3. The lowest BCUT2D eigenvalue weighted by Crippen LogP contribution is -2.34. The van der Waals surface area contributed by atoms with Gasteiger partial charge in [-0.1, -0.05) is 67.6 Å². The summed E-state index contributed by atoms with van der Waals surface area (Å²) >= 11 is 7.48. The van der Waals surface area contributed by atoms with Crippen molar-refractivity contribution in [3.05, 3.63) is 83.2 Å². The number of thioether (sulfide) groups is 1. The van der Waals surface area contributed by atoms with Gasteiger partial charge in [-0.2, -0.15) is 0 Å². The Morgan fingerprint density at radius 2 is 1.94 bits per heavy atom. The van der Waals surface area contributed by atoms with Gasteiger partial charge in [0, 0.05) is 12.2 Å². The first kappa shape index (κ1) is 25.5. The third-order valence-electron chi connectivity index (χ3n) is 5.04. The summed E-state index contributed by atoms with van der Waals surface area (Å²) < 4.78 is 1.87. The molecule has 0 aliphatic heterocycles. The lowest BCUT2D eigenvalue weighted by atomic mass is 10.0. The van der Waals surface area contributed by atoms with Crippen LogP contribution in [0.25, 0.3) is 0 Å². The molecule has 3 aromatic rings. The SMILES string of the molecule is C=CCn1c(SCC(=O)Nc2cccc(C)c2)nnc1C(NC(=O)c1ccccc1Cl)C(C)C. The van der Waals surface area contributed by atoms with Gasteiger partial charge < -0.3 is 15.2 Å². The first-order valence-electron chi connectivity index (χ1n) is 10.9. The molecule has 0 radical (unpaired) electrons. The molecule has 1 heterocycles. The van der Waals surface area contributed by atoms with Crippen LogP contribution >= 0.6 is 23.4 Å². The fourth-order valence-corrected chi connectivity index (χ4v) is 4.36. The summed E-state index contributed by atoms with van der Waals surface area (Å²) in [6.07, 6.45) is 1.73. The summed E-state index contributed by atoms with van der Waals surface area (Å²) in [4.78, 5) is 25.4. The number of hydrogen-bond donors (Lipinski definition) is 2. The van der Waals surface area contributed by atoms with Gasteiger partial charge in [0.25, 0.3) is 5.91 Å². The number of carbonyl (C=O) groups is 2. The quantitative estimate of drug-likeness (QED) is 0.293. The number of aromatic nitrogens is 3. The van der Waals surface area contributed by atoms with Gasteiger partial charge in [-0.05, 0) is 42.7 Å². The minimum atomic E-state index is -0.410. The lowest BCUT2D eigenvalue weighted by molar-refractivity contribution is -0.113.